The van der Waals surface area contributed by atoms with Crippen LogP contribution in [-0.4, -0.2) is 47.7 Å². The lowest BCUT2D eigenvalue weighted by molar-refractivity contribution is -0.142. The largest absolute Gasteiger partial charge is 0.481 e. The fraction of sp³-hybridized carbons (Fsp3) is 0.579. The summed E-state index contributed by atoms with van der Waals surface area (Å²) in [5.74, 6) is -0.983. The molecule has 0 spiro atoms. The third kappa shape index (κ3) is 4.89. The van der Waals surface area contributed by atoms with Crippen molar-refractivity contribution < 1.29 is 14.7 Å². The summed E-state index contributed by atoms with van der Waals surface area (Å²) in [6.07, 6.45) is 3.67. The molecule has 142 valence electrons. The Labute approximate surface area is 158 Å². The summed E-state index contributed by atoms with van der Waals surface area (Å²) in [4.78, 5) is 25.3. The summed E-state index contributed by atoms with van der Waals surface area (Å²) >= 11 is 6.24. The van der Waals surface area contributed by atoms with Gasteiger partial charge < -0.3 is 15.7 Å². The molecule has 26 heavy (non-hydrogen) atoms. The van der Waals surface area contributed by atoms with E-state index in [2.05, 4.69) is 21.6 Å². The van der Waals surface area contributed by atoms with Gasteiger partial charge in [0.1, 0.15) is 0 Å². The number of nitrogens with zero attached hydrogens (tertiary/aromatic N) is 1. The van der Waals surface area contributed by atoms with Crippen LogP contribution in [0.5, 0.6) is 0 Å². The number of rotatable bonds is 5. The van der Waals surface area contributed by atoms with Crippen LogP contribution in [0.2, 0.25) is 5.02 Å². The maximum atomic E-state index is 12.0. The summed E-state index contributed by atoms with van der Waals surface area (Å²) in [5.41, 5.74) is 2.51. The first-order chi connectivity index (χ1) is 12.5. The summed E-state index contributed by atoms with van der Waals surface area (Å²) in [6, 6.07) is 5.95. The number of hydrogen-bond donors (Lipinski definition) is 3. The van der Waals surface area contributed by atoms with Gasteiger partial charge in [0.2, 0.25) is 0 Å². The fourth-order valence-corrected chi connectivity index (χ4v) is 4.15. The zero-order valence-corrected chi connectivity index (χ0v) is 15.6. The first-order valence-corrected chi connectivity index (χ1v) is 9.66. The Bertz CT molecular complexity index is 659. The first-order valence-electron chi connectivity index (χ1n) is 9.28. The van der Waals surface area contributed by atoms with Gasteiger partial charge in [0, 0.05) is 37.2 Å². The summed E-state index contributed by atoms with van der Waals surface area (Å²) in [5, 5.41) is 15.7. The highest BCUT2D eigenvalue weighted by Gasteiger charge is 2.26. The van der Waals surface area contributed by atoms with Crippen LogP contribution in [0.15, 0.2) is 18.2 Å². The van der Waals surface area contributed by atoms with Gasteiger partial charge in [0.15, 0.2) is 0 Å². The van der Waals surface area contributed by atoms with Gasteiger partial charge in [-0.15, -0.1) is 0 Å². The van der Waals surface area contributed by atoms with Crippen molar-refractivity contribution in [2.45, 2.75) is 44.7 Å². The van der Waals surface area contributed by atoms with Crippen molar-refractivity contribution in [1.82, 2.24) is 15.5 Å². The summed E-state index contributed by atoms with van der Waals surface area (Å²) in [7, 11) is 0. The minimum absolute atomic E-state index is 0.0783. The van der Waals surface area contributed by atoms with E-state index in [-0.39, 0.29) is 18.0 Å². The van der Waals surface area contributed by atoms with Crippen LogP contribution in [0.3, 0.4) is 0 Å². The van der Waals surface area contributed by atoms with Crippen molar-refractivity contribution in [3.63, 3.8) is 0 Å². The molecule has 0 radical (unpaired) electrons. The van der Waals surface area contributed by atoms with Crippen LogP contribution < -0.4 is 10.6 Å². The minimum atomic E-state index is -0.725. The first kappa shape index (κ1) is 19.0. The van der Waals surface area contributed by atoms with E-state index in [1.165, 1.54) is 11.1 Å². The SMILES string of the molecule is O=C(NCCN1CCc2c(Cl)cccc2C1)NC1CCC(C(=O)O)CC1. The topological polar surface area (TPSA) is 81.7 Å². The molecule has 0 aromatic heterocycles. The molecular formula is C19H26ClN3O3. The van der Waals surface area contributed by atoms with E-state index in [1.54, 1.807) is 0 Å². The normalized spacial score (nSPS) is 23.1. The quantitative estimate of drug-likeness (QED) is 0.734. The number of nitrogens with one attached hydrogen (secondary N) is 2. The average Bonchev–Trinajstić information content (AvgIpc) is 2.62. The Morgan fingerprint density at radius 2 is 2.00 bits per heavy atom. The fourth-order valence-electron chi connectivity index (χ4n) is 3.86. The van der Waals surface area contributed by atoms with Gasteiger partial charge in [-0.3, -0.25) is 9.69 Å². The van der Waals surface area contributed by atoms with Gasteiger partial charge in [-0.05, 0) is 49.3 Å². The van der Waals surface area contributed by atoms with Crippen molar-refractivity contribution in [2.24, 2.45) is 5.92 Å². The van der Waals surface area contributed by atoms with E-state index in [0.717, 1.165) is 43.9 Å². The van der Waals surface area contributed by atoms with Crippen LogP contribution in [0.1, 0.15) is 36.8 Å². The molecule has 0 saturated heterocycles. The molecule has 3 N–H and O–H groups in total. The number of hydrogen-bond acceptors (Lipinski definition) is 3. The highest BCUT2D eigenvalue weighted by atomic mass is 35.5. The van der Waals surface area contributed by atoms with Crippen molar-refractivity contribution >= 4 is 23.6 Å². The second kappa shape index (κ2) is 8.73. The highest BCUT2D eigenvalue weighted by molar-refractivity contribution is 6.31. The number of aliphatic carboxylic acids is 1. The maximum absolute atomic E-state index is 12.0. The lowest BCUT2D eigenvalue weighted by Gasteiger charge is -2.29. The molecule has 3 rings (SSSR count). The molecule has 2 aliphatic rings. The minimum Gasteiger partial charge on any atom is -0.481 e. The zero-order valence-electron chi connectivity index (χ0n) is 14.8. The molecule has 0 bridgehead atoms. The van der Waals surface area contributed by atoms with Gasteiger partial charge in [-0.25, -0.2) is 4.79 Å². The van der Waals surface area contributed by atoms with Gasteiger partial charge in [0.25, 0.3) is 0 Å². The van der Waals surface area contributed by atoms with Crippen molar-refractivity contribution in [1.29, 1.82) is 0 Å². The number of carbonyl (C=O) groups is 2. The smallest absolute Gasteiger partial charge is 0.315 e. The molecule has 1 fully saturated rings. The molecule has 1 aliphatic heterocycles. The molecule has 1 aromatic carbocycles. The molecule has 0 unspecified atom stereocenters. The number of carbonyl (C=O) groups excluding carboxylic acids is 1. The van der Waals surface area contributed by atoms with Crippen molar-refractivity contribution in [3.8, 4) is 0 Å². The molecule has 1 saturated carbocycles. The number of carboxylic acids is 1. The number of carboxylic acid groups (broad SMARTS) is 1. The number of halogens is 1. The lowest BCUT2D eigenvalue weighted by atomic mass is 9.86. The monoisotopic (exact) mass is 379 g/mol. The van der Waals surface area contributed by atoms with Crippen LogP contribution in [0.25, 0.3) is 0 Å². The van der Waals surface area contributed by atoms with Crippen LogP contribution in [0.4, 0.5) is 4.79 Å². The molecule has 1 aromatic rings. The third-order valence-electron chi connectivity index (χ3n) is 5.41. The number of benzene rings is 1. The second-order valence-electron chi connectivity index (χ2n) is 7.19. The van der Waals surface area contributed by atoms with E-state index in [9.17, 15) is 9.59 Å². The summed E-state index contributed by atoms with van der Waals surface area (Å²) in [6.45, 7) is 3.19. The van der Waals surface area contributed by atoms with E-state index in [4.69, 9.17) is 16.7 Å². The van der Waals surface area contributed by atoms with E-state index >= 15 is 0 Å². The second-order valence-corrected chi connectivity index (χ2v) is 7.60. The predicted molar refractivity (Wildman–Crippen MR) is 100 cm³/mol. The van der Waals surface area contributed by atoms with E-state index in [1.807, 2.05) is 12.1 Å². The van der Waals surface area contributed by atoms with Gasteiger partial charge in [-0.2, -0.15) is 0 Å². The molecule has 7 heteroatoms. The Balaban J connectivity index is 1.35. The van der Waals surface area contributed by atoms with E-state index < -0.39 is 5.97 Å². The Kier molecular flexibility index (Phi) is 6.38. The molecule has 2 amide bonds. The Hall–Kier alpha value is -1.79. The Morgan fingerprint density at radius 3 is 2.73 bits per heavy atom. The molecule has 0 atom stereocenters. The van der Waals surface area contributed by atoms with Gasteiger partial charge in [-0.1, -0.05) is 23.7 Å². The van der Waals surface area contributed by atoms with Gasteiger partial charge >= 0.3 is 12.0 Å². The molecular weight excluding hydrogens is 354 g/mol. The maximum Gasteiger partial charge on any atom is 0.315 e. The predicted octanol–water partition coefficient (Wildman–Crippen LogP) is 2.64. The van der Waals surface area contributed by atoms with Gasteiger partial charge in [0.05, 0.1) is 5.92 Å². The molecule has 6 nitrogen and oxygen atoms in total. The number of amides is 2. The number of urea groups is 1. The zero-order chi connectivity index (χ0) is 18.5. The lowest BCUT2D eigenvalue weighted by Crippen LogP contribution is -2.46. The average molecular weight is 380 g/mol. The van der Waals surface area contributed by atoms with Crippen molar-refractivity contribution in [3.05, 3.63) is 34.3 Å². The Morgan fingerprint density at radius 1 is 1.23 bits per heavy atom. The van der Waals surface area contributed by atoms with Crippen molar-refractivity contribution in [2.75, 3.05) is 19.6 Å². The standard InChI is InChI=1S/C19H26ClN3O3/c20-17-3-1-2-14-12-23(10-8-16(14)17)11-9-21-19(26)22-15-6-4-13(5-7-15)18(24)25/h1-3,13,15H,4-12H2,(H,24,25)(H2,21,22,26). The highest BCUT2D eigenvalue weighted by Crippen LogP contribution is 2.26. The molecule has 1 aliphatic carbocycles. The number of fused-ring (bicyclic) bond motifs is 1. The van der Waals surface area contributed by atoms with Crippen LogP contribution >= 0.6 is 11.6 Å². The van der Waals surface area contributed by atoms with E-state index in [0.29, 0.717) is 19.4 Å². The molecule has 1 heterocycles. The van der Waals surface area contributed by atoms with Crippen LogP contribution in [0, 0.1) is 5.92 Å². The third-order valence-corrected chi connectivity index (χ3v) is 5.77. The summed E-state index contributed by atoms with van der Waals surface area (Å²) < 4.78 is 0. The van der Waals surface area contributed by atoms with Crippen LogP contribution in [-0.2, 0) is 17.8 Å².